The fraction of sp³-hybridized carbons (Fsp3) is 0.111. The van der Waals surface area contributed by atoms with Gasteiger partial charge in [0, 0.05) is 21.7 Å². The number of benzene rings is 3. The molecule has 0 saturated carbocycles. The Morgan fingerprint density at radius 1 is 0.905 bits per heavy atom. The molecule has 3 rings (SSSR count). The zero-order valence-electron chi connectivity index (χ0n) is 11.5. The number of fused-ring (bicyclic) bond motifs is 1. The minimum atomic E-state index is 0.239. The first-order valence-corrected chi connectivity index (χ1v) is 8.13. The van der Waals surface area contributed by atoms with Crippen molar-refractivity contribution in [3.63, 3.8) is 0 Å². The molecule has 0 spiro atoms. The van der Waals surface area contributed by atoms with Crippen LogP contribution >= 0.6 is 23.4 Å². The maximum Gasteiger partial charge on any atom is 0.0466 e. The first kappa shape index (κ1) is 14.5. The fourth-order valence-corrected chi connectivity index (χ4v) is 3.52. The van der Waals surface area contributed by atoms with E-state index < -0.39 is 0 Å². The molecule has 2 N–H and O–H groups in total. The van der Waals surface area contributed by atoms with Gasteiger partial charge in [0.15, 0.2) is 0 Å². The van der Waals surface area contributed by atoms with Crippen LogP contribution in [0.25, 0.3) is 10.8 Å². The Hall–Kier alpha value is -1.48. The largest absolute Gasteiger partial charge is 0.329 e. The van der Waals surface area contributed by atoms with Gasteiger partial charge in [-0.05, 0) is 40.6 Å². The molecule has 0 radical (unpaired) electrons. The van der Waals surface area contributed by atoms with Gasteiger partial charge in [-0.3, -0.25) is 0 Å². The van der Waals surface area contributed by atoms with Gasteiger partial charge in [0.1, 0.15) is 0 Å². The van der Waals surface area contributed by atoms with Gasteiger partial charge < -0.3 is 5.73 Å². The Balaban J connectivity index is 1.86. The van der Waals surface area contributed by atoms with Gasteiger partial charge in [0.25, 0.3) is 0 Å². The van der Waals surface area contributed by atoms with Gasteiger partial charge in [-0.2, -0.15) is 0 Å². The molecule has 1 atom stereocenters. The lowest BCUT2D eigenvalue weighted by Gasteiger charge is -2.15. The second kappa shape index (κ2) is 6.52. The van der Waals surface area contributed by atoms with E-state index in [9.17, 15) is 0 Å². The lowest BCUT2D eigenvalue weighted by molar-refractivity contribution is 0.941. The summed E-state index contributed by atoms with van der Waals surface area (Å²) in [6.07, 6.45) is 0. The fourth-order valence-electron chi connectivity index (χ4n) is 2.33. The standard InChI is InChI=1S/C18H16ClNS/c19-16-8-5-14(6-9-16)18(12-20)21-17-10-7-13-3-1-2-4-15(13)11-17/h1-11,18H,12,20H2. The van der Waals surface area contributed by atoms with E-state index >= 15 is 0 Å². The molecule has 0 bridgehead atoms. The molecular weight excluding hydrogens is 298 g/mol. The highest BCUT2D eigenvalue weighted by Crippen LogP contribution is 2.36. The van der Waals surface area contributed by atoms with Gasteiger partial charge in [-0.15, -0.1) is 11.8 Å². The predicted molar refractivity (Wildman–Crippen MR) is 93.1 cm³/mol. The molecule has 0 aliphatic rings. The lowest BCUT2D eigenvalue weighted by Crippen LogP contribution is -2.09. The Morgan fingerprint density at radius 3 is 2.33 bits per heavy atom. The van der Waals surface area contributed by atoms with Crippen LogP contribution in [0.1, 0.15) is 10.8 Å². The lowest BCUT2D eigenvalue weighted by atomic mass is 10.1. The summed E-state index contributed by atoms with van der Waals surface area (Å²) >= 11 is 7.74. The molecule has 0 heterocycles. The van der Waals surface area contributed by atoms with E-state index in [0.29, 0.717) is 6.54 Å². The third-order valence-corrected chi connectivity index (χ3v) is 4.98. The van der Waals surface area contributed by atoms with E-state index in [2.05, 4.69) is 42.5 Å². The monoisotopic (exact) mass is 313 g/mol. The van der Waals surface area contributed by atoms with E-state index in [4.69, 9.17) is 17.3 Å². The maximum atomic E-state index is 5.95. The van der Waals surface area contributed by atoms with Crippen LogP contribution in [0.3, 0.4) is 0 Å². The molecule has 3 heteroatoms. The van der Waals surface area contributed by atoms with Crippen LogP contribution in [0.5, 0.6) is 0 Å². The van der Waals surface area contributed by atoms with E-state index in [1.54, 1.807) is 11.8 Å². The first-order chi connectivity index (χ1) is 10.3. The SMILES string of the molecule is NCC(Sc1ccc2ccccc2c1)c1ccc(Cl)cc1. The van der Waals surface area contributed by atoms with Crippen LogP contribution in [-0.4, -0.2) is 6.54 Å². The molecule has 0 fully saturated rings. The van der Waals surface area contributed by atoms with Crippen LogP contribution in [0.4, 0.5) is 0 Å². The zero-order chi connectivity index (χ0) is 14.7. The van der Waals surface area contributed by atoms with Crippen molar-refractivity contribution < 1.29 is 0 Å². The van der Waals surface area contributed by atoms with Crippen molar-refractivity contribution in [2.24, 2.45) is 5.73 Å². The van der Waals surface area contributed by atoms with E-state index in [0.717, 1.165) is 5.02 Å². The van der Waals surface area contributed by atoms with Gasteiger partial charge in [-0.25, -0.2) is 0 Å². The van der Waals surface area contributed by atoms with Crippen molar-refractivity contribution in [1.82, 2.24) is 0 Å². The van der Waals surface area contributed by atoms with Crippen molar-refractivity contribution in [1.29, 1.82) is 0 Å². The normalized spacial score (nSPS) is 12.5. The predicted octanol–water partition coefficient (Wildman–Crippen LogP) is 5.29. The Morgan fingerprint density at radius 2 is 1.62 bits per heavy atom. The summed E-state index contributed by atoms with van der Waals surface area (Å²) in [6, 6.07) is 22.9. The van der Waals surface area contributed by atoms with Gasteiger partial charge in [-0.1, -0.05) is 54.1 Å². The van der Waals surface area contributed by atoms with Gasteiger partial charge in [0.05, 0.1) is 0 Å². The smallest absolute Gasteiger partial charge is 0.0466 e. The molecule has 0 aromatic heterocycles. The van der Waals surface area contributed by atoms with Crippen molar-refractivity contribution >= 4 is 34.1 Å². The van der Waals surface area contributed by atoms with Crippen molar-refractivity contribution in [3.05, 3.63) is 77.3 Å². The average molecular weight is 314 g/mol. The molecule has 0 amide bonds. The number of thioether (sulfide) groups is 1. The van der Waals surface area contributed by atoms with Crippen LogP contribution in [0.15, 0.2) is 71.6 Å². The Labute approximate surface area is 134 Å². The number of nitrogens with two attached hydrogens (primary N) is 1. The number of rotatable bonds is 4. The van der Waals surface area contributed by atoms with E-state index in [1.165, 1.54) is 21.2 Å². The molecule has 1 nitrogen and oxygen atoms in total. The van der Waals surface area contributed by atoms with Gasteiger partial charge >= 0.3 is 0 Å². The van der Waals surface area contributed by atoms with Crippen LogP contribution in [0, 0.1) is 0 Å². The summed E-state index contributed by atoms with van der Waals surface area (Å²) in [4.78, 5) is 1.24. The topological polar surface area (TPSA) is 26.0 Å². The van der Waals surface area contributed by atoms with Crippen molar-refractivity contribution in [2.45, 2.75) is 10.1 Å². The number of halogens is 1. The van der Waals surface area contributed by atoms with Crippen LogP contribution in [-0.2, 0) is 0 Å². The summed E-state index contributed by atoms with van der Waals surface area (Å²) in [5, 5.41) is 3.51. The van der Waals surface area contributed by atoms with Crippen molar-refractivity contribution in [3.8, 4) is 0 Å². The summed E-state index contributed by atoms with van der Waals surface area (Å²) in [7, 11) is 0. The number of hydrogen-bond acceptors (Lipinski definition) is 2. The third-order valence-electron chi connectivity index (χ3n) is 3.46. The summed E-state index contributed by atoms with van der Waals surface area (Å²) in [5.74, 6) is 0. The van der Waals surface area contributed by atoms with Crippen LogP contribution < -0.4 is 5.73 Å². The molecule has 3 aromatic rings. The van der Waals surface area contributed by atoms with E-state index in [1.807, 2.05) is 24.3 Å². The number of hydrogen-bond donors (Lipinski definition) is 1. The Bertz CT molecular complexity index is 740. The molecule has 0 saturated heterocycles. The Kier molecular flexibility index (Phi) is 4.49. The molecule has 21 heavy (non-hydrogen) atoms. The molecule has 106 valence electrons. The molecule has 1 unspecified atom stereocenters. The third kappa shape index (κ3) is 3.41. The molecule has 3 aromatic carbocycles. The zero-order valence-corrected chi connectivity index (χ0v) is 13.1. The minimum Gasteiger partial charge on any atom is -0.329 e. The summed E-state index contributed by atoms with van der Waals surface area (Å²) < 4.78 is 0. The van der Waals surface area contributed by atoms with E-state index in [-0.39, 0.29) is 5.25 Å². The molecular formula is C18H16ClNS. The summed E-state index contributed by atoms with van der Waals surface area (Å²) in [5.41, 5.74) is 7.16. The second-order valence-electron chi connectivity index (χ2n) is 4.90. The first-order valence-electron chi connectivity index (χ1n) is 6.87. The van der Waals surface area contributed by atoms with Gasteiger partial charge in [0.2, 0.25) is 0 Å². The molecule has 0 aliphatic heterocycles. The molecule has 0 aliphatic carbocycles. The maximum absolute atomic E-state index is 5.95. The average Bonchev–Trinajstić information content (AvgIpc) is 2.53. The highest BCUT2D eigenvalue weighted by atomic mass is 35.5. The van der Waals surface area contributed by atoms with Crippen molar-refractivity contribution in [2.75, 3.05) is 6.54 Å². The second-order valence-corrected chi connectivity index (χ2v) is 6.62. The van der Waals surface area contributed by atoms with Crippen LogP contribution in [0.2, 0.25) is 5.02 Å². The quantitative estimate of drug-likeness (QED) is 0.663. The highest BCUT2D eigenvalue weighted by molar-refractivity contribution is 7.99. The summed E-state index contributed by atoms with van der Waals surface area (Å²) in [6.45, 7) is 0.596. The minimum absolute atomic E-state index is 0.239. The highest BCUT2D eigenvalue weighted by Gasteiger charge is 2.11.